The summed E-state index contributed by atoms with van der Waals surface area (Å²) >= 11 is 5.89. The average molecular weight is 426 g/mol. The number of pyridine rings is 1. The molecule has 6 nitrogen and oxygen atoms in total. The molecule has 156 valence electrons. The van der Waals surface area contributed by atoms with E-state index >= 15 is 0 Å². The third kappa shape index (κ3) is 4.41. The number of carbonyl (C=O) groups excluding carboxylic acids is 1. The van der Waals surface area contributed by atoms with E-state index in [4.69, 9.17) is 11.6 Å². The second-order valence-electron chi connectivity index (χ2n) is 7.82. The van der Waals surface area contributed by atoms with Crippen molar-refractivity contribution in [2.24, 2.45) is 7.05 Å². The molecule has 1 unspecified atom stereocenters. The van der Waals surface area contributed by atoms with Gasteiger partial charge < -0.3 is 15.0 Å². The van der Waals surface area contributed by atoms with Gasteiger partial charge in [-0.05, 0) is 41.8 Å². The molecule has 1 aliphatic rings. The number of aryl methyl sites for hydroxylation is 1. The lowest BCUT2D eigenvalue weighted by molar-refractivity contribution is 0.0949. The molecule has 30 heavy (non-hydrogen) atoms. The molecule has 1 atom stereocenters. The normalized spacial score (nSPS) is 16.8. The van der Waals surface area contributed by atoms with Crippen molar-refractivity contribution in [3.63, 3.8) is 0 Å². The molecule has 7 heteroatoms. The Morgan fingerprint density at radius 1 is 1.20 bits per heavy atom. The summed E-state index contributed by atoms with van der Waals surface area (Å²) in [6, 6.07) is 13.0. The number of hydrogen-bond donors (Lipinski definition) is 2. The highest BCUT2D eigenvalue weighted by Gasteiger charge is 2.20. The summed E-state index contributed by atoms with van der Waals surface area (Å²) in [5, 5.41) is 13.7. The van der Waals surface area contributed by atoms with Gasteiger partial charge in [-0.2, -0.15) is 0 Å². The van der Waals surface area contributed by atoms with Crippen molar-refractivity contribution in [2.75, 3.05) is 13.1 Å². The number of β-amino-alcohol motifs (C(OH)–C–C–N with tert-alkyl or cyclic N) is 1. The number of aliphatic hydroxyl groups excluding tert-OH is 1. The van der Waals surface area contributed by atoms with E-state index in [-0.39, 0.29) is 17.1 Å². The molecule has 2 aromatic carbocycles. The Morgan fingerprint density at radius 2 is 1.93 bits per heavy atom. The van der Waals surface area contributed by atoms with Crippen LogP contribution in [-0.2, 0) is 20.1 Å². The number of amides is 1. The molecule has 1 amide bonds. The number of likely N-dealkylation sites (tertiary alicyclic amines) is 1. The number of benzene rings is 2. The highest BCUT2D eigenvalue weighted by molar-refractivity contribution is 6.30. The van der Waals surface area contributed by atoms with E-state index in [9.17, 15) is 14.7 Å². The summed E-state index contributed by atoms with van der Waals surface area (Å²) in [5.41, 5.74) is 2.51. The third-order valence-electron chi connectivity index (χ3n) is 5.52. The number of aliphatic hydroxyl groups is 1. The summed E-state index contributed by atoms with van der Waals surface area (Å²) in [6.45, 7) is 2.46. The van der Waals surface area contributed by atoms with Crippen molar-refractivity contribution >= 4 is 28.4 Å². The Morgan fingerprint density at radius 3 is 2.63 bits per heavy atom. The van der Waals surface area contributed by atoms with Crippen LogP contribution in [0.5, 0.6) is 0 Å². The highest BCUT2D eigenvalue weighted by atomic mass is 35.5. The maximum atomic E-state index is 13.1. The van der Waals surface area contributed by atoms with E-state index in [0.717, 1.165) is 29.6 Å². The molecule has 0 aliphatic carbocycles. The van der Waals surface area contributed by atoms with Gasteiger partial charge in [0.25, 0.3) is 5.91 Å². The molecule has 0 radical (unpaired) electrons. The van der Waals surface area contributed by atoms with Crippen LogP contribution in [0.4, 0.5) is 0 Å². The molecule has 0 spiro atoms. The topological polar surface area (TPSA) is 74.6 Å². The fourth-order valence-electron chi connectivity index (χ4n) is 3.89. The van der Waals surface area contributed by atoms with Gasteiger partial charge in [0, 0.05) is 49.8 Å². The molecular weight excluding hydrogens is 402 g/mol. The van der Waals surface area contributed by atoms with Crippen molar-refractivity contribution in [1.82, 2.24) is 14.8 Å². The Bertz CT molecular complexity index is 1140. The van der Waals surface area contributed by atoms with Crippen LogP contribution in [0.15, 0.2) is 53.5 Å². The molecule has 2 heterocycles. The molecular formula is C23H24ClN3O3. The number of fused-ring (bicyclic) bond motifs is 1. The van der Waals surface area contributed by atoms with Crippen LogP contribution in [0.3, 0.4) is 0 Å². The van der Waals surface area contributed by atoms with Crippen molar-refractivity contribution in [2.45, 2.75) is 25.6 Å². The quantitative estimate of drug-likeness (QED) is 0.659. The molecule has 1 aliphatic heterocycles. The second-order valence-corrected chi connectivity index (χ2v) is 8.26. The second kappa shape index (κ2) is 8.60. The van der Waals surface area contributed by atoms with Gasteiger partial charge in [0.1, 0.15) is 5.56 Å². The number of hydrogen-bond acceptors (Lipinski definition) is 4. The van der Waals surface area contributed by atoms with Crippen LogP contribution in [0.25, 0.3) is 10.9 Å². The largest absolute Gasteiger partial charge is 0.392 e. The minimum Gasteiger partial charge on any atom is -0.392 e. The summed E-state index contributed by atoms with van der Waals surface area (Å²) in [4.78, 5) is 28.0. The van der Waals surface area contributed by atoms with E-state index in [2.05, 4.69) is 10.2 Å². The number of nitrogens with one attached hydrogen (secondary N) is 1. The first-order chi connectivity index (χ1) is 14.4. The summed E-state index contributed by atoms with van der Waals surface area (Å²) in [5.74, 6) is -0.402. The van der Waals surface area contributed by atoms with Crippen LogP contribution in [0.2, 0.25) is 5.02 Å². The molecule has 2 N–H and O–H groups in total. The predicted octanol–water partition coefficient (Wildman–Crippen LogP) is 2.69. The Balaban J connectivity index is 1.58. The van der Waals surface area contributed by atoms with E-state index in [0.29, 0.717) is 30.0 Å². The van der Waals surface area contributed by atoms with Gasteiger partial charge in [0.05, 0.1) is 11.6 Å². The van der Waals surface area contributed by atoms with Gasteiger partial charge >= 0.3 is 0 Å². The first kappa shape index (κ1) is 20.6. The van der Waals surface area contributed by atoms with Gasteiger partial charge in [-0.3, -0.25) is 14.5 Å². The fourth-order valence-corrected chi connectivity index (χ4v) is 4.02. The minimum atomic E-state index is -0.402. The molecule has 0 saturated carbocycles. The fraction of sp³-hybridized carbons (Fsp3) is 0.304. The van der Waals surface area contributed by atoms with Gasteiger partial charge in [-0.1, -0.05) is 29.8 Å². The van der Waals surface area contributed by atoms with Gasteiger partial charge in [0.15, 0.2) is 0 Å². The molecule has 4 rings (SSSR count). The first-order valence-corrected chi connectivity index (χ1v) is 10.3. The SMILES string of the molecule is Cn1cc(C(=O)NCc2ccc(Cl)cc2)c(=O)c2cc(CN3CCC(O)C3)ccc21. The highest BCUT2D eigenvalue weighted by Crippen LogP contribution is 2.18. The number of nitrogens with zero attached hydrogens (tertiary/aromatic N) is 2. The number of carbonyl (C=O) groups is 1. The van der Waals surface area contributed by atoms with Crippen LogP contribution in [0.1, 0.15) is 27.9 Å². The Hall–Kier alpha value is -2.67. The molecule has 1 fully saturated rings. The van der Waals surface area contributed by atoms with Crippen LogP contribution in [0, 0.1) is 0 Å². The zero-order valence-corrected chi connectivity index (χ0v) is 17.5. The average Bonchev–Trinajstić information content (AvgIpc) is 3.14. The summed E-state index contributed by atoms with van der Waals surface area (Å²) < 4.78 is 1.80. The van der Waals surface area contributed by atoms with Crippen molar-refractivity contribution < 1.29 is 9.90 Å². The lowest BCUT2D eigenvalue weighted by Gasteiger charge is -2.16. The summed E-state index contributed by atoms with van der Waals surface area (Å²) in [7, 11) is 1.83. The van der Waals surface area contributed by atoms with Gasteiger partial charge in [-0.25, -0.2) is 0 Å². The van der Waals surface area contributed by atoms with Gasteiger partial charge in [0.2, 0.25) is 5.43 Å². The summed E-state index contributed by atoms with van der Waals surface area (Å²) in [6.07, 6.45) is 2.07. The zero-order chi connectivity index (χ0) is 21.3. The first-order valence-electron chi connectivity index (χ1n) is 9.96. The van der Waals surface area contributed by atoms with E-state index in [1.54, 1.807) is 22.9 Å². The number of rotatable bonds is 5. The van der Waals surface area contributed by atoms with Crippen LogP contribution in [-0.4, -0.2) is 39.7 Å². The maximum Gasteiger partial charge on any atom is 0.257 e. The standard InChI is InChI=1S/C23H24ClN3O3/c1-26-14-20(23(30)25-11-15-2-5-17(24)6-3-15)22(29)19-10-16(4-7-21(19)26)12-27-9-8-18(28)13-27/h2-7,10,14,18,28H,8-9,11-13H2,1H3,(H,25,30). The number of halogens is 1. The molecule has 0 bridgehead atoms. The zero-order valence-electron chi connectivity index (χ0n) is 16.8. The lowest BCUT2D eigenvalue weighted by atomic mass is 10.1. The smallest absolute Gasteiger partial charge is 0.257 e. The predicted molar refractivity (Wildman–Crippen MR) is 118 cm³/mol. The van der Waals surface area contributed by atoms with Gasteiger partial charge in [-0.15, -0.1) is 0 Å². The Labute approximate surface area is 179 Å². The van der Waals surface area contributed by atoms with Crippen LogP contribution < -0.4 is 10.7 Å². The van der Waals surface area contributed by atoms with Crippen molar-refractivity contribution in [3.8, 4) is 0 Å². The molecule has 1 saturated heterocycles. The van der Waals surface area contributed by atoms with Crippen molar-refractivity contribution in [3.05, 3.63) is 80.6 Å². The minimum absolute atomic E-state index is 0.118. The van der Waals surface area contributed by atoms with Crippen molar-refractivity contribution in [1.29, 1.82) is 0 Å². The monoisotopic (exact) mass is 425 g/mol. The van der Waals surface area contributed by atoms with E-state index in [1.165, 1.54) is 0 Å². The van der Waals surface area contributed by atoms with E-state index < -0.39 is 5.91 Å². The molecule has 3 aromatic rings. The maximum absolute atomic E-state index is 13.1. The Kier molecular flexibility index (Phi) is 5.90. The lowest BCUT2D eigenvalue weighted by Crippen LogP contribution is -2.29. The third-order valence-corrected chi connectivity index (χ3v) is 5.77. The van der Waals surface area contributed by atoms with Crippen LogP contribution >= 0.6 is 11.6 Å². The van der Waals surface area contributed by atoms with E-state index in [1.807, 2.05) is 37.4 Å². The molecule has 1 aromatic heterocycles. The number of aromatic nitrogens is 1.